The van der Waals surface area contributed by atoms with E-state index in [4.69, 9.17) is 9.84 Å². The van der Waals surface area contributed by atoms with E-state index >= 15 is 0 Å². The van der Waals surface area contributed by atoms with E-state index in [-0.39, 0.29) is 6.61 Å². The lowest BCUT2D eigenvalue weighted by Crippen LogP contribution is -1.74. The molecule has 1 rings (SSSR count). The first-order chi connectivity index (χ1) is 7.33. The van der Waals surface area contributed by atoms with Crippen molar-refractivity contribution in [3.8, 4) is 0 Å². The number of hydrogen-bond acceptors (Lipinski definition) is 2. The van der Waals surface area contributed by atoms with Crippen LogP contribution < -0.4 is 0 Å². The molecule has 1 aliphatic rings. The molecule has 0 unspecified atom stereocenters. The highest BCUT2D eigenvalue weighted by atomic mass is 16.5. The Morgan fingerprint density at radius 1 is 0.867 bits per heavy atom. The van der Waals surface area contributed by atoms with Crippen molar-refractivity contribution < 1.29 is 9.84 Å². The summed E-state index contributed by atoms with van der Waals surface area (Å²) in [5, 5.41) is 7.57. The summed E-state index contributed by atoms with van der Waals surface area (Å²) < 4.78 is 4.94. The molecule has 0 bridgehead atoms. The lowest BCUT2D eigenvalue weighted by molar-refractivity contribution is 0.198. The first kappa shape index (κ1) is 17.3. The Morgan fingerprint density at radius 2 is 1.27 bits per heavy atom. The Labute approximate surface area is 96.0 Å². The summed E-state index contributed by atoms with van der Waals surface area (Å²) in [7, 11) is 0. The lowest BCUT2D eigenvalue weighted by Gasteiger charge is -1.90. The molecule has 0 radical (unpaired) electrons. The van der Waals surface area contributed by atoms with Crippen LogP contribution in [0, 0.1) is 0 Å². The van der Waals surface area contributed by atoms with Crippen LogP contribution in [0.2, 0.25) is 0 Å². The van der Waals surface area contributed by atoms with E-state index in [9.17, 15) is 0 Å². The number of rotatable bonds is 4. The zero-order valence-electron chi connectivity index (χ0n) is 10.9. The van der Waals surface area contributed by atoms with E-state index in [0.717, 1.165) is 13.2 Å². The van der Waals surface area contributed by atoms with Gasteiger partial charge in [0.15, 0.2) is 0 Å². The van der Waals surface area contributed by atoms with Crippen molar-refractivity contribution in [1.29, 1.82) is 0 Å². The maximum absolute atomic E-state index is 7.57. The van der Waals surface area contributed by atoms with Crippen LogP contribution in [0.3, 0.4) is 0 Å². The largest absolute Gasteiger partial charge is 0.397 e. The standard InChI is InChI=1S/C7H16.C4H8O.C2H6O/c1-3-5-7-6-4-2;1-2-4-5-3-1;1-2-3/h3-7H2,1-2H3;1-4H2;3H,2H2,1H3. The minimum atomic E-state index is 0.250. The van der Waals surface area contributed by atoms with Crippen LogP contribution in [0.1, 0.15) is 65.7 Å². The fourth-order valence-electron chi connectivity index (χ4n) is 1.19. The second-order valence-corrected chi connectivity index (χ2v) is 3.70. The van der Waals surface area contributed by atoms with Crippen LogP contribution in [0.15, 0.2) is 0 Å². The number of ether oxygens (including phenoxy) is 1. The van der Waals surface area contributed by atoms with Crippen molar-refractivity contribution >= 4 is 0 Å². The van der Waals surface area contributed by atoms with E-state index in [1.54, 1.807) is 6.92 Å². The molecular formula is C13H30O2. The Hall–Kier alpha value is -0.0800. The third-order valence-corrected chi connectivity index (χ3v) is 2.03. The predicted octanol–water partition coefficient (Wildman–Crippen LogP) is 3.77. The molecule has 0 aromatic carbocycles. The molecule has 0 aromatic heterocycles. The van der Waals surface area contributed by atoms with Gasteiger partial charge in [0.1, 0.15) is 0 Å². The van der Waals surface area contributed by atoms with E-state index in [1.165, 1.54) is 44.9 Å². The molecule has 0 spiro atoms. The lowest BCUT2D eigenvalue weighted by atomic mass is 10.2. The number of aliphatic hydroxyl groups excluding tert-OH is 1. The summed E-state index contributed by atoms with van der Waals surface area (Å²) in [6, 6.07) is 0. The highest BCUT2D eigenvalue weighted by Crippen LogP contribution is 2.00. The zero-order valence-corrected chi connectivity index (χ0v) is 10.9. The van der Waals surface area contributed by atoms with E-state index in [1.807, 2.05) is 0 Å². The Bertz CT molecular complexity index is 69.0. The molecule has 0 amide bonds. The van der Waals surface area contributed by atoms with Gasteiger partial charge in [-0.25, -0.2) is 0 Å². The fourth-order valence-corrected chi connectivity index (χ4v) is 1.19. The van der Waals surface area contributed by atoms with Crippen LogP contribution in [-0.4, -0.2) is 24.9 Å². The van der Waals surface area contributed by atoms with Gasteiger partial charge in [-0.15, -0.1) is 0 Å². The Morgan fingerprint density at radius 3 is 1.47 bits per heavy atom. The first-order valence-corrected chi connectivity index (χ1v) is 6.51. The molecular weight excluding hydrogens is 188 g/mol. The van der Waals surface area contributed by atoms with Gasteiger partial charge in [-0.3, -0.25) is 0 Å². The normalized spacial score (nSPS) is 13.6. The number of unbranched alkanes of at least 4 members (excludes halogenated alkanes) is 4. The number of aliphatic hydroxyl groups is 1. The molecule has 1 fully saturated rings. The minimum Gasteiger partial charge on any atom is -0.397 e. The minimum absolute atomic E-state index is 0.250. The van der Waals surface area contributed by atoms with Crippen LogP contribution in [0.4, 0.5) is 0 Å². The maximum Gasteiger partial charge on any atom is 0.0466 e. The third-order valence-electron chi connectivity index (χ3n) is 2.03. The summed E-state index contributed by atoms with van der Waals surface area (Å²) >= 11 is 0. The van der Waals surface area contributed by atoms with Crippen LogP contribution >= 0.6 is 0 Å². The van der Waals surface area contributed by atoms with Crippen molar-refractivity contribution in [1.82, 2.24) is 0 Å². The maximum atomic E-state index is 7.57. The average molecular weight is 218 g/mol. The molecule has 2 heteroatoms. The van der Waals surface area contributed by atoms with Gasteiger partial charge in [-0.2, -0.15) is 0 Å². The zero-order chi connectivity index (χ0) is 11.8. The molecule has 0 atom stereocenters. The van der Waals surface area contributed by atoms with Crippen molar-refractivity contribution in [3.63, 3.8) is 0 Å². The summed E-state index contributed by atoms with van der Waals surface area (Å²) in [5.41, 5.74) is 0. The quantitative estimate of drug-likeness (QED) is 0.728. The van der Waals surface area contributed by atoms with Gasteiger partial charge in [0.05, 0.1) is 0 Å². The molecule has 0 saturated carbocycles. The SMILES string of the molecule is C1CCOC1.CCCCCCC.CCO. The molecule has 15 heavy (non-hydrogen) atoms. The van der Waals surface area contributed by atoms with Crippen molar-refractivity contribution in [3.05, 3.63) is 0 Å². The van der Waals surface area contributed by atoms with E-state index in [2.05, 4.69) is 13.8 Å². The second-order valence-electron chi connectivity index (χ2n) is 3.70. The fraction of sp³-hybridized carbons (Fsp3) is 1.00. The van der Waals surface area contributed by atoms with Gasteiger partial charge in [0, 0.05) is 19.8 Å². The molecule has 1 saturated heterocycles. The molecule has 1 heterocycles. The van der Waals surface area contributed by atoms with Gasteiger partial charge in [-0.05, 0) is 19.8 Å². The summed E-state index contributed by atoms with van der Waals surface area (Å²) in [6.07, 6.45) is 9.56. The molecule has 2 nitrogen and oxygen atoms in total. The topological polar surface area (TPSA) is 29.5 Å². The predicted molar refractivity (Wildman–Crippen MR) is 67.2 cm³/mol. The monoisotopic (exact) mass is 218 g/mol. The van der Waals surface area contributed by atoms with Gasteiger partial charge >= 0.3 is 0 Å². The van der Waals surface area contributed by atoms with Gasteiger partial charge in [0.25, 0.3) is 0 Å². The van der Waals surface area contributed by atoms with Gasteiger partial charge < -0.3 is 9.84 Å². The van der Waals surface area contributed by atoms with E-state index in [0.29, 0.717) is 0 Å². The Kier molecular flexibility index (Phi) is 22.5. The van der Waals surface area contributed by atoms with Crippen LogP contribution in [0.25, 0.3) is 0 Å². The summed E-state index contributed by atoms with van der Waals surface area (Å²) in [6.45, 7) is 8.42. The van der Waals surface area contributed by atoms with Crippen molar-refractivity contribution in [2.75, 3.05) is 19.8 Å². The molecule has 1 N–H and O–H groups in total. The molecule has 94 valence electrons. The second kappa shape index (κ2) is 19.5. The summed E-state index contributed by atoms with van der Waals surface area (Å²) in [5.74, 6) is 0. The van der Waals surface area contributed by atoms with Gasteiger partial charge in [0.2, 0.25) is 0 Å². The third kappa shape index (κ3) is 24.9. The molecule has 0 aromatic rings. The Balaban J connectivity index is 0. The highest BCUT2D eigenvalue weighted by molar-refractivity contribution is 4.43. The summed E-state index contributed by atoms with van der Waals surface area (Å²) in [4.78, 5) is 0. The first-order valence-electron chi connectivity index (χ1n) is 6.51. The molecule has 1 aliphatic heterocycles. The molecule has 0 aliphatic carbocycles. The highest BCUT2D eigenvalue weighted by Gasteiger charge is 1.94. The average Bonchev–Trinajstić information content (AvgIpc) is 2.78. The van der Waals surface area contributed by atoms with Crippen LogP contribution in [-0.2, 0) is 4.74 Å². The number of hydrogen-bond donors (Lipinski definition) is 1. The van der Waals surface area contributed by atoms with E-state index < -0.39 is 0 Å². The van der Waals surface area contributed by atoms with Crippen molar-refractivity contribution in [2.24, 2.45) is 0 Å². The smallest absolute Gasteiger partial charge is 0.0466 e. The van der Waals surface area contributed by atoms with Gasteiger partial charge in [-0.1, -0.05) is 46.0 Å². The van der Waals surface area contributed by atoms with Crippen LogP contribution in [0.5, 0.6) is 0 Å². The van der Waals surface area contributed by atoms with Crippen molar-refractivity contribution in [2.45, 2.75) is 65.7 Å².